The van der Waals surface area contributed by atoms with Gasteiger partial charge in [-0.2, -0.15) is 5.26 Å². The molecule has 27 heavy (non-hydrogen) atoms. The number of ether oxygens (including phenoxy) is 1. The lowest BCUT2D eigenvalue weighted by Crippen LogP contribution is -2.56. The van der Waals surface area contributed by atoms with E-state index in [9.17, 15) is 9.59 Å². The number of benzene rings is 1. The summed E-state index contributed by atoms with van der Waals surface area (Å²) in [6, 6.07) is 8.85. The van der Waals surface area contributed by atoms with E-state index in [0.29, 0.717) is 50.5 Å². The second-order valence-corrected chi connectivity index (χ2v) is 7.46. The maximum absolute atomic E-state index is 12.7. The number of nitrogens with one attached hydrogen (secondary N) is 1. The molecule has 7 nitrogen and oxygen atoms in total. The molecule has 1 aromatic carbocycles. The first-order valence-corrected chi connectivity index (χ1v) is 9.38. The fourth-order valence-corrected chi connectivity index (χ4v) is 4.09. The second-order valence-electron chi connectivity index (χ2n) is 7.46. The van der Waals surface area contributed by atoms with Crippen LogP contribution < -0.4 is 5.32 Å². The van der Waals surface area contributed by atoms with E-state index in [2.05, 4.69) is 11.4 Å². The van der Waals surface area contributed by atoms with E-state index in [1.807, 2.05) is 9.80 Å². The molecule has 0 aliphatic carbocycles. The van der Waals surface area contributed by atoms with Gasteiger partial charge in [0, 0.05) is 50.8 Å². The number of nitriles is 1. The van der Waals surface area contributed by atoms with Crippen LogP contribution in [0, 0.1) is 16.7 Å². The molecule has 1 atom stereocenters. The number of nitrogens with zero attached hydrogens (tertiary/aromatic N) is 3. The molecule has 0 aromatic heterocycles. The van der Waals surface area contributed by atoms with Gasteiger partial charge in [-0.1, -0.05) is 6.07 Å². The smallest absolute Gasteiger partial charge is 0.321 e. The monoisotopic (exact) mass is 370 g/mol. The number of anilines is 1. The van der Waals surface area contributed by atoms with Crippen LogP contribution >= 0.6 is 0 Å². The van der Waals surface area contributed by atoms with Crippen molar-refractivity contribution in [1.29, 1.82) is 5.26 Å². The minimum atomic E-state index is -0.149. The fourth-order valence-electron chi connectivity index (χ4n) is 4.09. The standard InChI is InChI=1S/C20H26N4O3/c1-27-11-10-23-14-20(8-6-18(23)25)7-3-9-24(15-20)19(26)22-17-5-2-4-16(12-17)13-21/h2,4-5,12H,3,6-11,14-15H2,1H3,(H,22,26)/t20-/m0/s1. The molecule has 1 aromatic rings. The molecule has 0 saturated carbocycles. The van der Waals surface area contributed by atoms with Gasteiger partial charge in [-0.3, -0.25) is 4.79 Å². The van der Waals surface area contributed by atoms with Crippen LogP contribution in [-0.4, -0.2) is 61.6 Å². The molecule has 0 radical (unpaired) electrons. The summed E-state index contributed by atoms with van der Waals surface area (Å²) in [7, 11) is 1.64. The third-order valence-electron chi connectivity index (χ3n) is 5.51. The van der Waals surface area contributed by atoms with Crippen LogP contribution in [0.1, 0.15) is 31.2 Å². The zero-order chi connectivity index (χ0) is 19.3. The Morgan fingerprint density at radius 3 is 3.00 bits per heavy atom. The van der Waals surface area contributed by atoms with Crippen molar-refractivity contribution in [2.24, 2.45) is 5.41 Å². The highest BCUT2D eigenvalue weighted by Crippen LogP contribution is 2.39. The minimum Gasteiger partial charge on any atom is -0.383 e. The van der Waals surface area contributed by atoms with Gasteiger partial charge in [0.2, 0.25) is 5.91 Å². The topological polar surface area (TPSA) is 85.7 Å². The summed E-state index contributed by atoms with van der Waals surface area (Å²) in [4.78, 5) is 28.7. The summed E-state index contributed by atoms with van der Waals surface area (Å²) in [6.07, 6.45) is 3.31. The highest BCUT2D eigenvalue weighted by atomic mass is 16.5. The molecule has 2 aliphatic rings. The molecule has 1 N–H and O–H groups in total. The van der Waals surface area contributed by atoms with Crippen LogP contribution in [0.2, 0.25) is 0 Å². The number of rotatable bonds is 4. The lowest BCUT2D eigenvalue weighted by Gasteiger charge is -2.48. The van der Waals surface area contributed by atoms with Gasteiger partial charge in [-0.05, 0) is 37.5 Å². The van der Waals surface area contributed by atoms with Crippen LogP contribution in [0.4, 0.5) is 10.5 Å². The van der Waals surface area contributed by atoms with Gasteiger partial charge in [0.25, 0.3) is 0 Å². The molecule has 0 unspecified atom stereocenters. The molecule has 3 rings (SSSR count). The molecule has 0 bridgehead atoms. The zero-order valence-electron chi connectivity index (χ0n) is 15.7. The van der Waals surface area contributed by atoms with Crippen molar-refractivity contribution in [3.63, 3.8) is 0 Å². The normalized spacial score (nSPS) is 22.6. The van der Waals surface area contributed by atoms with E-state index in [-0.39, 0.29) is 17.4 Å². The average molecular weight is 370 g/mol. The molecule has 2 saturated heterocycles. The van der Waals surface area contributed by atoms with Crippen molar-refractivity contribution in [3.8, 4) is 6.07 Å². The van der Waals surface area contributed by atoms with Gasteiger partial charge < -0.3 is 19.9 Å². The van der Waals surface area contributed by atoms with Crippen LogP contribution in [0.25, 0.3) is 0 Å². The van der Waals surface area contributed by atoms with Crippen LogP contribution in [0.3, 0.4) is 0 Å². The van der Waals surface area contributed by atoms with Gasteiger partial charge in [0.15, 0.2) is 0 Å². The van der Waals surface area contributed by atoms with Gasteiger partial charge in [-0.15, -0.1) is 0 Å². The number of hydrogen-bond donors (Lipinski definition) is 1. The summed E-state index contributed by atoms with van der Waals surface area (Å²) >= 11 is 0. The minimum absolute atomic E-state index is 0.0360. The summed E-state index contributed by atoms with van der Waals surface area (Å²) in [5.74, 6) is 0.174. The highest BCUT2D eigenvalue weighted by molar-refractivity contribution is 5.89. The average Bonchev–Trinajstić information content (AvgIpc) is 2.69. The Morgan fingerprint density at radius 1 is 1.37 bits per heavy atom. The van der Waals surface area contributed by atoms with Crippen molar-refractivity contribution in [1.82, 2.24) is 9.80 Å². The molecule has 144 valence electrons. The number of amides is 3. The van der Waals surface area contributed by atoms with E-state index in [1.54, 1.807) is 31.4 Å². The van der Waals surface area contributed by atoms with Crippen molar-refractivity contribution >= 4 is 17.6 Å². The van der Waals surface area contributed by atoms with E-state index < -0.39 is 0 Å². The maximum Gasteiger partial charge on any atom is 0.321 e. The third kappa shape index (κ3) is 4.58. The number of carbonyl (C=O) groups is 2. The van der Waals surface area contributed by atoms with E-state index >= 15 is 0 Å². The summed E-state index contributed by atoms with van der Waals surface area (Å²) in [5, 5.41) is 11.9. The number of methoxy groups -OCH3 is 1. The van der Waals surface area contributed by atoms with Crippen molar-refractivity contribution in [2.75, 3.05) is 45.2 Å². The number of hydrogen-bond acceptors (Lipinski definition) is 4. The SMILES string of the molecule is COCCN1C[C@]2(CCCN(C(=O)Nc3cccc(C#N)c3)C2)CCC1=O. The quantitative estimate of drug-likeness (QED) is 0.882. The highest BCUT2D eigenvalue weighted by Gasteiger charge is 2.42. The van der Waals surface area contributed by atoms with Crippen LogP contribution in [-0.2, 0) is 9.53 Å². The molecular weight excluding hydrogens is 344 g/mol. The Bertz CT molecular complexity index is 745. The molecule has 7 heteroatoms. The Balaban J connectivity index is 1.65. The lowest BCUT2D eigenvalue weighted by atomic mass is 9.73. The first kappa shape index (κ1) is 19.2. The first-order valence-electron chi connectivity index (χ1n) is 9.38. The molecular formula is C20H26N4O3. The number of piperidine rings is 2. The molecule has 3 amide bonds. The largest absolute Gasteiger partial charge is 0.383 e. The summed E-state index contributed by atoms with van der Waals surface area (Å²) in [5.41, 5.74) is 1.10. The molecule has 2 fully saturated rings. The molecule has 1 spiro atoms. The van der Waals surface area contributed by atoms with E-state index in [0.717, 1.165) is 19.3 Å². The Hall–Kier alpha value is -2.59. The van der Waals surface area contributed by atoms with E-state index in [1.165, 1.54) is 0 Å². The van der Waals surface area contributed by atoms with Crippen LogP contribution in [0.15, 0.2) is 24.3 Å². The Morgan fingerprint density at radius 2 is 2.22 bits per heavy atom. The summed E-state index contributed by atoms with van der Waals surface area (Å²) < 4.78 is 5.12. The third-order valence-corrected chi connectivity index (χ3v) is 5.51. The number of urea groups is 1. The molecule has 2 heterocycles. The van der Waals surface area contributed by atoms with Crippen molar-refractivity contribution in [2.45, 2.75) is 25.7 Å². The van der Waals surface area contributed by atoms with Gasteiger partial charge >= 0.3 is 6.03 Å². The van der Waals surface area contributed by atoms with Gasteiger partial charge in [0.1, 0.15) is 0 Å². The van der Waals surface area contributed by atoms with Gasteiger partial charge in [0.05, 0.1) is 18.2 Å². The Kier molecular flexibility index (Phi) is 5.97. The zero-order valence-corrected chi connectivity index (χ0v) is 15.7. The number of carbonyl (C=O) groups excluding carboxylic acids is 2. The summed E-state index contributed by atoms with van der Waals surface area (Å²) in [6.45, 7) is 3.17. The van der Waals surface area contributed by atoms with Crippen LogP contribution in [0.5, 0.6) is 0 Å². The Labute approximate surface area is 159 Å². The predicted octanol–water partition coefficient (Wildman–Crippen LogP) is 2.44. The van der Waals surface area contributed by atoms with Crippen molar-refractivity contribution < 1.29 is 14.3 Å². The maximum atomic E-state index is 12.7. The fraction of sp³-hybridized carbons (Fsp3) is 0.550. The van der Waals surface area contributed by atoms with E-state index in [4.69, 9.17) is 10.00 Å². The predicted molar refractivity (Wildman–Crippen MR) is 101 cm³/mol. The van der Waals surface area contributed by atoms with Gasteiger partial charge in [-0.25, -0.2) is 4.79 Å². The first-order chi connectivity index (χ1) is 13.0. The second kappa shape index (κ2) is 8.40. The molecule has 2 aliphatic heterocycles. The number of likely N-dealkylation sites (tertiary alicyclic amines) is 2. The van der Waals surface area contributed by atoms with Crippen molar-refractivity contribution in [3.05, 3.63) is 29.8 Å². The lowest BCUT2D eigenvalue weighted by molar-refractivity contribution is -0.139.